The van der Waals surface area contributed by atoms with Crippen molar-refractivity contribution < 1.29 is 13.2 Å². The minimum absolute atomic E-state index is 0.0351. The van der Waals surface area contributed by atoms with Gasteiger partial charge in [-0.3, -0.25) is 14.5 Å². The predicted molar refractivity (Wildman–Crippen MR) is 114 cm³/mol. The van der Waals surface area contributed by atoms with Crippen LogP contribution < -0.4 is 10.0 Å². The molecule has 0 fully saturated rings. The summed E-state index contributed by atoms with van der Waals surface area (Å²) >= 11 is 6.13. The number of carbonyl (C=O) groups is 1. The molecule has 0 aliphatic heterocycles. The van der Waals surface area contributed by atoms with Crippen LogP contribution in [-0.4, -0.2) is 19.3 Å². The van der Waals surface area contributed by atoms with Gasteiger partial charge in [0.2, 0.25) is 0 Å². The third kappa shape index (κ3) is 5.13. The minimum atomic E-state index is -3.97. The molecule has 1 aromatic heterocycles. The van der Waals surface area contributed by atoms with Crippen LogP contribution >= 0.6 is 11.6 Å². The van der Waals surface area contributed by atoms with Gasteiger partial charge in [0.1, 0.15) is 4.90 Å². The van der Waals surface area contributed by atoms with E-state index < -0.39 is 15.9 Å². The van der Waals surface area contributed by atoms with E-state index in [1.54, 1.807) is 30.6 Å². The smallest absolute Gasteiger partial charge is 0.263 e. The maximum atomic E-state index is 12.9. The van der Waals surface area contributed by atoms with Gasteiger partial charge in [-0.05, 0) is 61.4 Å². The van der Waals surface area contributed by atoms with Crippen LogP contribution in [0.25, 0.3) is 0 Å². The molecule has 1 heterocycles. The number of carbonyl (C=O) groups excluding carboxylic acids is 1. The summed E-state index contributed by atoms with van der Waals surface area (Å²) in [7, 11) is -3.97. The average Bonchev–Trinajstić information content (AvgIpc) is 2.69. The number of hydrogen-bond acceptors (Lipinski definition) is 4. The summed E-state index contributed by atoms with van der Waals surface area (Å²) in [6, 6.07) is 13.1. The Morgan fingerprint density at radius 2 is 1.76 bits per heavy atom. The first-order chi connectivity index (χ1) is 13.8. The second-order valence-electron chi connectivity index (χ2n) is 6.61. The van der Waals surface area contributed by atoms with Crippen molar-refractivity contribution in [1.29, 1.82) is 0 Å². The van der Waals surface area contributed by atoms with E-state index >= 15 is 0 Å². The fraction of sp³-hybridized carbons (Fsp3) is 0.143. The van der Waals surface area contributed by atoms with Crippen molar-refractivity contribution in [3.8, 4) is 0 Å². The van der Waals surface area contributed by atoms with Crippen LogP contribution in [0, 0.1) is 13.8 Å². The molecule has 0 unspecified atom stereocenters. The van der Waals surface area contributed by atoms with Crippen LogP contribution in [0.1, 0.15) is 27.0 Å². The molecule has 0 aliphatic rings. The Kier molecular flexibility index (Phi) is 6.20. The Morgan fingerprint density at radius 3 is 2.45 bits per heavy atom. The molecule has 3 rings (SSSR count). The summed E-state index contributed by atoms with van der Waals surface area (Å²) in [5.41, 5.74) is 3.35. The fourth-order valence-corrected chi connectivity index (χ4v) is 4.42. The first-order valence-electron chi connectivity index (χ1n) is 8.83. The van der Waals surface area contributed by atoms with Crippen LogP contribution in [0.5, 0.6) is 0 Å². The highest BCUT2D eigenvalue weighted by atomic mass is 35.5. The van der Waals surface area contributed by atoms with Crippen molar-refractivity contribution in [2.75, 3.05) is 4.72 Å². The molecule has 3 aromatic rings. The first-order valence-corrected chi connectivity index (χ1v) is 10.7. The number of hydrogen-bond donors (Lipinski definition) is 2. The summed E-state index contributed by atoms with van der Waals surface area (Å²) in [5, 5.41) is 2.79. The quantitative estimate of drug-likeness (QED) is 0.617. The molecular formula is C21H20ClN3O3S. The summed E-state index contributed by atoms with van der Waals surface area (Å²) in [6.07, 6.45) is 3.26. The number of sulfonamides is 1. The van der Waals surface area contributed by atoms with E-state index in [1.165, 1.54) is 18.2 Å². The molecule has 0 radical (unpaired) electrons. The van der Waals surface area contributed by atoms with E-state index in [1.807, 2.05) is 26.0 Å². The molecule has 0 spiro atoms. The van der Waals surface area contributed by atoms with Crippen molar-refractivity contribution >= 4 is 33.2 Å². The molecule has 0 aliphatic carbocycles. The highest BCUT2D eigenvalue weighted by Crippen LogP contribution is 2.26. The number of benzene rings is 2. The summed E-state index contributed by atoms with van der Waals surface area (Å²) in [6.45, 7) is 4.04. The Balaban J connectivity index is 1.83. The van der Waals surface area contributed by atoms with Crippen molar-refractivity contribution in [3.63, 3.8) is 0 Å². The number of nitrogens with one attached hydrogen (secondary N) is 2. The van der Waals surface area contributed by atoms with Crippen LogP contribution in [0.2, 0.25) is 5.02 Å². The van der Waals surface area contributed by atoms with E-state index in [9.17, 15) is 13.2 Å². The maximum absolute atomic E-state index is 12.9. The lowest BCUT2D eigenvalue weighted by Gasteiger charge is -2.13. The summed E-state index contributed by atoms with van der Waals surface area (Å²) < 4.78 is 28.3. The standard InChI is InChI=1S/C21H20ClN3O3S/c1-14-3-6-19(15(2)11-14)25-29(27,28)20-12-17(4-5-18(20)22)21(26)24-13-16-7-9-23-10-8-16/h3-12,25H,13H2,1-2H3,(H,24,26). The molecule has 0 saturated heterocycles. The molecule has 8 heteroatoms. The number of pyridine rings is 1. The zero-order valence-electron chi connectivity index (χ0n) is 15.9. The molecule has 2 aromatic carbocycles. The fourth-order valence-electron chi connectivity index (χ4n) is 2.76. The number of amides is 1. The second kappa shape index (κ2) is 8.63. The van der Waals surface area contributed by atoms with Crippen LogP contribution in [0.3, 0.4) is 0 Å². The van der Waals surface area contributed by atoms with Crippen LogP contribution in [0.4, 0.5) is 5.69 Å². The van der Waals surface area contributed by atoms with Crippen LogP contribution in [-0.2, 0) is 16.6 Å². The van der Waals surface area contributed by atoms with Gasteiger partial charge in [-0.15, -0.1) is 0 Å². The normalized spacial score (nSPS) is 11.1. The van der Waals surface area contributed by atoms with E-state index in [2.05, 4.69) is 15.0 Å². The van der Waals surface area contributed by atoms with Gasteiger partial charge < -0.3 is 5.32 Å². The second-order valence-corrected chi connectivity index (χ2v) is 8.67. The zero-order chi connectivity index (χ0) is 21.0. The summed E-state index contributed by atoms with van der Waals surface area (Å²) in [4.78, 5) is 16.2. The Labute approximate surface area is 175 Å². The number of rotatable bonds is 6. The highest BCUT2D eigenvalue weighted by molar-refractivity contribution is 7.92. The third-order valence-electron chi connectivity index (χ3n) is 4.31. The summed E-state index contributed by atoms with van der Waals surface area (Å²) in [5.74, 6) is -0.401. The molecule has 0 atom stereocenters. The molecule has 2 N–H and O–H groups in total. The molecule has 6 nitrogen and oxygen atoms in total. The van der Waals surface area contributed by atoms with Gasteiger partial charge in [0.25, 0.3) is 15.9 Å². The number of aromatic nitrogens is 1. The molecule has 0 bridgehead atoms. The maximum Gasteiger partial charge on any atom is 0.263 e. The van der Waals surface area contributed by atoms with Gasteiger partial charge in [0.15, 0.2) is 0 Å². The highest BCUT2D eigenvalue weighted by Gasteiger charge is 2.21. The Bertz CT molecular complexity index is 1150. The van der Waals surface area contributed by atoms with Crippen molar-refractivity contribution in [3.05, 3.63) is 88.2 Å². The molecule has 29 heavy (non-hydrogen) atoms. The van der Waals surface area contributed by atoms with E-state index in [4.69, 9.17) is 11.6 Å². The average molecular weight is 430 g/mol. The van der Waals surface area contributed by atoms with Gasteiger partial charge >= 0.3 is 0 Å². The van der Waals surface area contributed by atoms with Crippen molar-refractivity contribution in [2.45, 2.75) is 25.3 Å². The minimum Gasteiger partial charge on any atom is -0.348 e. The molecule has 0 saturated carbocycles. The molecule has 150 valence electrons. The van der Waals surface area contributed by atoms with Gasteiger partial charge in [-0.2, -0.15) is 0 Å². The van der Waals surface area contributed by atoms with Gasteiger partial charge in [0.05, 0.1) is 10.7 Å². The first kappa shape index (κ1) is 20.8. The number of nitrogens with zero attached hydrogens (tertiary/aromatic N) is 1. The number of halogens is 1. The van der Waals surface area contributed by atoms with Gasteiger partial charge in [0, 0.05) is 24.5 Å². The zero-order valence-corrected chi connectivity index (χ0v) is 17.5. The Hall–Kier alpha value is -2.90. The third-order valence-corrected chi connectivity index (χ3v) is 6.16. The topological polar surface area (TPSA) is 88.2 Å². The SMILES string of the molecule is Cc1ccc(NS(=O)(=O)c2cc(C(=O)NCc3ccncc3)ccc2Cl)c(C)c1. The van der Waals surface area contributed by atoms with Crippen molar-refractivity contribution in [2.24, 2.45) is 0 Å². The van der Waals surface area contributed by atoms with Crippen molar-refractivity contribution in [1.82, 2.24) is 10.3 Å². The monoisotopic (exact) mass is 429 g/mol. The predicted octanol–water partition coefficient (Wildman–Crippen LogP) is 4.08. The van der Waals surface area contributed by atoms with Crippen LogP contribution in [0.15, 0.2) is 65.8 Å². The largest absolute Gasteiger partial charge is 0.348 e. The van der Waals surface area contributed by atoms with E-state index in [0.717, 1.165) is 16.7 Å². The molecular weight excluding hydrogens is 410 g/mol. The van der Waals surface area contributed by atoms with E-state index in [0.29, 0.717) is 12.2 Å². The number of aryl methyl sites for hydroxylation is 2. The lowest BCUT2D eigenvalue weighted by molar-refractivity contribution is 0.0950. The molecule has 1 amide bonds. The van der Waals surface area contributed by atoms with E-state index in [-0.39, 0.29) is 15.5 Å². The number of anilines is 1. The Morgan fingerprint density at radius 1 is 1.03 bits per heavy atom. The van der Waals surface area contributed by atoms with Gasteiger partial charge in [-0.25, -0.2) is 8.42 Å². The lowest BCUT2D eigenvalue weighted by atomic mass is 10.1. The van der Waals surface area contributed by atoms with Gasteiger partial charge in [-0.1, -0.05) is 29.3 Å². The lowest BCUT2D eigenvalue weighted by Crippen LogP contribution is -2.23.